The molecule has 0 unspecified atom stereocenters. The Labute approximate surface area is 152 Å². The van der Waals surface area contributed by atoms with Gasteiger partial charge in [-0.05, 0) is 29.8 Å². The molecule has 2 aromatic carbocycles. The monoisotopic (exact) mass is 345 g/mol. The number of benzene rings is 2. The lowest BCUT2D eigenvalue weighted by molar-refractivity contribution is 0.103. The molecule has 3 rings (SSSR count). The van der Waals surface area contributed by atoms with Crippen LogP contribution in [0.4, 0.5) is 0 Å². The smallest absolute Gasteiger partial charge is 0.221 e. The number of H-pyrrole nitrogens is 1. The van der Waals surface area contributed by atoms with Gasteiger partial charge in [-0.2, -0.15) is 5.26 Å². The Kier molecular flexibility index (Phi) is 5.04. The average Bonchev–Trinajstić information content (AvgIpc) is 3.08. The molecule has 5 nitrogen and oxygen atoms in total. The van der Waals surface area contributed by atoms with Crippen LogP contribution in [0.15, 0.2) is 66.4 Å². The zero-order chi connectivity index (χ0) is 18.5. The molecule has 1 aromatic heterocycles. The molecule has 26 heavy (non-hydrogen) atoms. The van der Waals surface area contributed by atoms with E-state index in [1.807, 2.05) is 54.6 Å². The van der Waals surface area contributed by atoms with Gasteiger partial charge in [0, 0.05) is 31.2 Å². The maximum absolute atomic E-state index is 12.5. The Morgan fingerprint density at radius 2 is 1.96 bits per heavy atom. The quantitative estimate of drug-likeness (QED) is 0.418. The molecule has 0 amide bonds. The molecule has 0 radical (unpaired) electrons. The summed E-state index contributed by atoms with van der Waals surface area (Å²) in [4.78, 5) is 17.2. The fourth-order valence-electron chi connectivity index (χ4n) is 2.61. The lowest BCUT2D eigenvalue weighted by Crippen LogP contribution is -2.09. The van der Waals surface area contributed by atoms with Crippen molar-refractivity contribution in [1.82, 2.24) is 9.88 Å². The van der Waals surface area contributed by atoms with E-state index in [-0.39, 0.29) is 11.4 Å². The van der Waals surface area contributed by atoms with Crippen molar-refractivity contribution in [2.24, 2.45) is 0 Å². The standard InChI is InChI=1S/C21H19N3O2/c1-24(2)13-17(12-22)21(25)20-11-16-10-18(8-9-19(16)23-20)26-14-15-6-4-3-5-7-15/h3-11,13,23H,14H2,1-2H3. The molecule has 5 heteroatoms. The summed E-state index contributed by atoms with van der Waals surface area (Å²) in [5.41, 5.74) is 2.38. The van der Waals surface area contributed by atoms with E-state index in [2.05, 4.69) is 4.98 Å². The van der Waals surface area contributed by atoms with Gasteiger partial charge >= 0.3 is 0 Å². The van der Waals surface area contributed by atoms with Crippen LogP contribution >= 0.6 is 0 Å². The number of nitrogens with zero attached hydrogens (tertiary/aromatic N) is 2. The van der Waals surface area contributed by atoms with Crippen molar-refractivity contribution in [3.8, 4) is 11.8 Å². The summed E-state index contributed by atoms with van der Waals surface area (Å²) in [6.07, 6.45) is 1.52. The second-order valence-corrected chi connectivity index (χ2v) is 6.15. The summed E-state index contributed by atoms with van der Waals surface area (Å²) in [6.45, 7) is 0.479. The molecular formula is C21H19N3O2. The Balaban J connectivity index is 1.81. The highest BCUT2D eigenvalue weighted by atomic mass is 16.5. The number of nitrogens with one attached hydrogen (secondary N) is 1. The van der Waals surface area contributed by atoms with Crippen molar-refractivity contribution in [3.63, 3.8) is 0 Å². The van der Waals surface area contributed by atoms with Crippen LogP contribution in [0.5, 0.6) is 5.75 Å². The Morgan fingerprint density at radius 3 is 2.65 bits per heavy atom. The lowest BCUT2D eigenvalue weighted by atomic mass is 10.1. The number of fused-ring (bicyclic) bond motifs is 1. The maximum Gasteiger partial charge on any atom is 0.221 e. The highest BCUT2D eigenvalue weighted by molar-refractivity contribution is 6.12. The van der Waals surface area contributed by atoms with Gasteiger partial charge in [-0.15, -0.1) is 0 Å². The first-order valence-electron chi connectivity index (χ1n) is 8.19. The average molecular weight is 345 g/mol. The van der Waals surface area contributed by atoms with Gasteiger partial charge in [0.05, 0.1) is 5.69 Å². The normalized spacial score (nSPS) is 11.2. The van der Waals surface area contributed by atoms with E-state index >= 15 is 0 Å². The van der Waals surface area contributed by atoms with E-state index in [1.54, 1.807) is 25.1 Å². The van der Waals surface area contributed by atoms with Gasteiger partial charge in [0.1, 0.15) is 24.0 Å². The molecule has 0 atom stereocenters. The molecular weight excluding hydrogens is 326 g/mol. The van der Waals surface area contributed by atoms with Gasteiger partial charge in [-0.1, -0.05) is 30.3 Å². The SMILES string of the molecule is CN(C)C=C(C#N)C(=O)c1cc2cc(OCc3ccccc3)ccc2[nH]1. The van der Waals surface area contributed by atoms with Crippen molar-refractivity contribution < 1.29 is 9.53 Å². The predicted molar refractivity (Wildman–Crippen MR) is 101 cm³/mol. The van der Waals surface area contributed by atoms with Gasteiger partial charge in [0.2, 0.25) is 5.78 Å². The number of allylic oxidation sites excluding steroid dienone is 1. The summed E-state index contributed by atoms with van der Waals surface area (Å²) < 4.78 is 5.82. The topological polar surface area (TPSA) is 69.1 Å². The number of rotatable bonds is 6. The minimum atomic E-state index is -0.329. The second-order valence-electron chi connectivity index (χ2n) is 6.15. The first kappa shape index (κ1) is 17.3. The van der Waals surface area contributed by atoms with Crippen molar-refractivity contribution >= 4 is 16.7 Å². The second kappa shape index (κ2) is 7.58. The van der Waals surface area contributed by atoms with Gasteiger partial charge in [-0.25, -0.2) is 0 Å². The van der Waals surface area contributed by atoms with Crippen LogP contribution in [-0.4, -0.2) is 29.8 Å². The molecule has 0 fully saturated rings. The zero-order valence-corrected chi connectivity index (χ0v) is 14.7. The summed E-state index contributed by atoms with van der Waals surface area (Å²) in [6, 6.07) is 19.2. The number of carbonyl (C=O) groups is 1. The fraction of sp³-hybridized carbons (Fsp3) is 0.143. The number of aromatic nitrogens is 1. The van der Waals surface area contributed by atoms with Crippen LogP contribution in [-0.2, 0) is 6.61 Å². The van der Waals surface area contributed by atoms with Crippen molar-refractivity contribution in [2.45, 2.75) is 6.61 Å². The minimum Gasteiger partial charge on any atom is -0.489 e. The van der Waals surface area contributed by atoms with Crippen LogP contribution < -0.4 is 4.74 Å². The highest BCUT2D eigenvalue weighted by Gasteiger charge is 2.15. The molecule has 130 valence electrons. The molecule has 0 saturated heterocycles. The highest BCUT2D eigenvalue weighted by Crippen LogP contribution is 2.23. The molecule has 0 aliphatic carbocycles. The zero-order valence-electron chi connectivity index (χ0n) is 14.7. The van der Waals surface area contributed by atoms with Crippen LogP contribution in [0.3, 0.4) is 0 Å². The maximum atomic E-state index is 12.5. The van der Waals surface area contributed by atoms with E-state index in [0.29, 0.717) is 12.3 Å². The molecule has 0 aliphatic heterocycles. The van der Waals surface area contributed by atoms with E-state index in [0.717, 1.165) is 22.2 Å². The summed E-state index contributed by atoms with van der Waals surface area (Å²) in [5, 5.41) is 10.1. The van der Waals surface area contributed by atoms with Crippen molar-refractivity contribution in [1.29, 1.82) is 5.26 Å². The Morgan fingerprint density at radius 1 is 1.19 bits per heavy atom. The number of aromatic amines is 1. The van der Waals surface area contributed by atoms with Crippen LogP contribution in [0.2, 0.25) is 0 Å². The van der Waals surface area contributed by atoms with Gasteiger partial charge in [0.25, 0.3) is 0 Å². The number of nitriles is 1. The molecule has 1 N–H and O–H groups in total. The van der Waals surface area contributed by atoms with Crippen molar-refractivity contribution in [3.05, 3.63) is 77.6 Å². The minimum absolute atomic E-state index is 0.0853. The molecule has 0 bridgehead atoms. The third-order valence-corrected chi connectivity index (χ3v) is 3.84. The third kappa shape index (κ3) is 3.93. The number of Topliss-reactive ketones (excluding diaryl/α,β-unsaturated/α-hetero) is 1. The molecule has 0 aliphatic rings. The van der Waals surface area contributed by atoms with Crippen LogP contribution in [0.25, 0.3) is 10.9 Å². The lowest BCUT2D eigenvalue weighted by Gasteiger charge is -2.06. The number of hydrogen-bond acceptors (Lipinski definition) is 4. The Bertz CT molecular complexity index is 995. The van der Waals surface area contributed by atoms with Crippen LogP contribution in [0, 0.1) is 11.3 Å². The van der Waals surface area contributed by atoms with E-state index in [9.17, 15) is 10.1 Å². The summed E-state index contributed by atoms with van der Waals surface area (Å²) >= 11 is 0. The number of ether oxygens (including phenoxy) is 1. The molecule has 1 heterocycles. The molecule has 0 spiro atoms. The van der Waals surface area contributed by atoms with Gasteiger partial charge in [-0.3, -0.25) is 4.79 Å². The fourth-order valence-corrected chi connectivity index (χ4v) is 2.61. The first-order valence-corrected chi connectivity index (χ1v) is 8.19. The van der Waals surface area contributed by atoms with Crippen LogP contribution in [0.1, 0.15) is 16.1 Å². The largest absolute Gasteiger partial charge is 0.489 e. The predicted octanol–water partition coefficient (Wildman–Crippen LogP) is 3.90. The number of hydrogen-bond donors (Lipinski definition) is 1. The molecule has 0 saturated carbocycles. The van der Waals surface area contributed by atoms with E-state index < -0.39 is 0 Å². The van der Waals surface area contributed by atoms with E-state index in [4.69, 9.17) is 4.74 Å². The first-order chi connectivity index (χ1) is 12.6. The molecule has 3 aromatic rings. The summed E-state index contributed by atoms with van der Waals surface area (Å²) in [7, 11) is 3.54. The Hall–Kier alpha value is -3.52. The third-order valence-electron chi connectivity index (χ3n) is 3.84. The number of carbonyl (C=O) groups excluding carboxylic acids is 1. The van der Waals surface area contributed by atoms with Crippen molar-refractivity contribution in [2.75, 3.05) is 14.1 Å². The summed E-state index contributed by atoms with van der Waals surface area (Å²) in [5.74, 6) is 0.396. The van der Waals surface area contributed by atoms with E-state index in [1.165, 1.54) is 6.20 Å². The van der Waals surface area contributed by atoms with Gasteiger partial charge in [0.15, 0.2) is 0 Å². The van der Waals surface area contributed by atoms with Gasteiger partial charge < -0.3 is 14.6 Å². The number of ketones is 1.